The standard InChI is InChI=1S/C13H13N5S/c1-8(9-3-2-5-15-7-9)16-11-10-4-6-19-12(10)18-13(14)17-11/h2-8H,1H3,(H3,14,16,17,18). The number of fused-ring (bicyclic) bond motifs is 1. The molecule has 0 saturated heterocycles. The van der Waals surface area contributed by atoms with Crippen molar-refractivity contribution in [1.82, 2.24) is 15.0 Å². The van der Waals surface area contributed by atoms with Crippen molar-refractivity contribution >= 4 is 33.3 Å². The van der Waals surface area contributed by atoms with Gasteiger partial charge in [0.25, 0.3) is 0 Å². The van der Waals surface area contributed by atoms with Crippen LogP contribution in [-0.4, -0.2) is 15.0 Å². The number of rotatable bonds is 3. The van der Waals surface area contributed by atoms with E-state index in [2.05, 4.69) is 27.2 Å². The van der Waals surface area contributed by atoms with Gasteiger partial charge in [0.2, 0.25) is 5.95 Å². The van der Waals surface area contributed by atoms with Crippen LogP contribution in [0.4, 0.5) is 11.8 Å². The number of nitrogens with two attached hydrogens (primary N) is 1. The Morgan fingerprint density at radius 3 is 3.00 bits per heavy atom. The first-order chi connectivity index (χ1) is 9.24. The largest absolute Gasteiger partial charge is 0.368 e. The Balaban J connectivity index is 1.95. The first-order valence-corrected chi connectivity index (χ1v) is 6.79. The molecule has 0 radical (unpaired) electrons. The maximum Gasteiger partial charge on any atom is 0.223 e. The summed E-state index contributed by atoms with van der Waals surface area (Å²) in [6, 6.07) is 6.05. The molecule has 0 fully saturated rings. The van der Waals surface area contributed by atoms with Crippen molar-refractivity contribution in [3.8, 4) is 0 Å². The highest BCUT2D eigenvalue weighted by molar-refractivity contribution is 7.16. The number of thiophene rings is 1. The molecule has 96 valence electrons. The Morgan fingerprint density at radius 1 is 1.32 bits per heavy atom. The summed E-state index contributed by atoms with van der Waals surface area (Å²) in [5.41, 5.74) is 6.83. The number of aromatic nitrogens is 3. The van der Waals surface area contributed by atoms with E-state index in [0.29, 0.717) is 0 Å². The van der Waals surface area contributed by atoms with Crippen molar-refractivity contribution in [2.75, 3.05) is 11.1 Å². The monoisotopic (exact) mass is 271 g/mol. The second kappa shape index (κ2) is 4.81. The molecule has 3 rings (SSSR count). The number of hydrogen-bond donors (Lipinski definition) is 2. The molecule has 19 heavy (non-hydrogen) atoms. The van der Waals surface area contributed by atoms with Gasteiger partial charge in [-0.3, -0.25) is 4.98 Å². The minimum atomic E-state index is 0.103. The molecule has 0 saturated carbocycles. The normalized spacial score (nSPS) is 12.5. The van der Waals surface area contributed by atoms with Gasteiger partial charge in [-0.2, -0.15) is 4.98 Å². The van der Waals surface area contributed by atoms with Gasteiger partial charge in [0, 0.05) is 12.4 Å². The summed E-state index contributed by atoms with van der Waals surface area (Å²) in [5, 5.41) is 6.34. The van der Waals surface area contributed by atoms with Crippen molar-refractivity contribution in [3.63, 3.8) is 0 Å². The third kappa shape index (κ3) is 2.34. The zero-order valence-corrected chi connectivity index (χ0v) is 11.2. The van der Waals surface area contributed by atoms with Gasteiger partial charge in [-0.25, -0.2) is 4.98 Å². The van der Waals surface area contributed by atoms with E-state index in [1.54, 1.807) is 17.5 Å². The van der Waals surface area contributed by atoms with Crippen molar-refractivity contribution in [1.29, 1.82) is 0 Å². The van der Waals surface area contributed by atoms with Crippen molar-refractivity contribution in [3.05, 3.63) is 41.5 Å². The second-order valence-electron chi connectivity index (χ2n) is 4.22. The van der Waals surface area contributed by atoms with Crippen molar-refractivity contribution in [2.45, 2.75) is 13.0 Å². The molecule has 1 unspecified atom stereocenters. The van der Waals surface area contributed by atoms with Crippen LogP contribution in [0.25, 0.3) is 10.2 Å². The molecule has 0 spiro atoms. The van der Waals surface area contributed by atoms with Crippen LogP contribution < -0.4 is 11.1 Å². The van der Waals surface area contributed by atoms with Gasteiger partial charge in [0.15, 0.2) is 0 Å². The van der Waals surface area contributed by atoms with E-state index in [4.69, 9.17) is 5.73 Å². The van der Waals surface area contributed by atoms with Crippen molar-refractivity contribution < 1.29 is 0 Å². The van der Waals surface area contributed by atoms with E-state index in [9.17, 15) is 0 Å². The summed E-state index contributed by atoms with van der Waals surface area (Å²) < 4.78 is 0. The highest BCUT2D eigenvalue weighted by atomic mass is 32.1. The summed E-state index contributed by atoms with van der Waals surface area (Å²) in [4.78, 5) is 13.5. The molecular weight excluding hydrogens is 258 g/mol. The number of anilines is 2. The molecule has 0 aliphatic rings. The fourth-order valence-corrected chi connectivity index (χ4v) is 2.67. The summed E-state index contributed by atoms with van der Waals surface area (Å²) in [7, 11) is 0. The molecule has 0 amide bonds. The van der Waals surface area contributed by atoms with Crippen molar-refractivity contribution in [2.24, 2.45) is 0 Å². The highest BCUT2D eigenvalue weighted by Gasteiger charge is 2.11. The molecule has 6 heteroatoms. The molecular formula is C13H13N5S. The molecule has 0 bridgehead atoms. The van der Waals surface area contributed by atoms with Crippen LogP contribution in [0.1, 0.15) is 18.5 Å². The van der Waals surface area contributed by atoms with Gasteiger partial charge < -0.3 is 11.1 Å². The smallest absolute Gasteiger partial charge is 0.223 e. The summed E-state index contributed by atoms with van der Waals surface area (Å²) >= 11 is 1.56. The predicted octanol–water partition coefficient (Wildman–Crippen LogP) is 2.84. The third-order valence-corrected chi connectivity index (χ3v) is 3.69. The minimum Gasteiger partial charge on any atom is -0.368 e. The summed E-state index contributed by atoms with van der Waals surface area (Å²) in [6.07, 6.45) is 3.60. The second-order valence-corrected chi connectivity index (χ2v) is 5.12. The average Bonchev–Trinajstić information content (AvgIpc) is 2.88. The van der Waals surface area contributed by atoms with E-state index in [1.807, 2.05) is 29.8 Å². The van der Waals surface area contributed by atoms with E-state index >= 15 is 0 Å². The maximum atomic E-state index is 5.73. The molecule has 5 nitrogen and oxygen atoms in total. The minimum absolute atomic E-state index is 0.103. The quantitative estimate of drug-likeness (QED) is 0.766. The lowest BCUT2D eigenvalue weighted by molar-refractivity contribution is 0.868. The zero-order chi connectivity index (χ0) is 13.2. The predicted molar refractivity (Wildman–Crippen MR) is 78.1 cm³/mol. The first-order valence-electron chi connectivity index (χ1n) is 5.91. The van der Waals surface area contributed by atoms with Gasteiger partial charge >= 0.3 is 0 Å². The van der Waals surface area contributed by atoms with Crippen LogP contribution >= 0.6 is 11.3 Å². The van der Waals surface area contributed by atoms with Gasteiger partial charge in [0.05, 0.1) is 11.4 Å². The number of nitrogens with zero attached hydrogens (tertiary/aromatic N) is 3. The van der Waals surface area contributed by atoms with Crippen LogP contribution in [0.15, 0.2) is 36.0 Å². The number of nitrogen functional groups attached to an aromatic ring is 1. The first kappa shape index (κ1) is 11.9. The van der Waals surface area contributed by atoms with Crippen LogP contribution in [0, 0.1) is 0 Å². The lowest BCUT2D eigenvalue weighted by Gasteiger charge is -2.15. The van der Waals surface area contributed by atoms with Gasteiger partial charge in [-0.05, 0) is 30.0 Å². The van der Waals surface area contributed by atoms with Crippen LogP contribution in [0.2, 0.25) is 0 Å². The Labute approximate surface area is 114 Å². The molecule has 0 aliphatic carbocycles. The lowest BCUT2D eigenvalue weighted by Crippen LogP contribution is -2.09. The van der Waals surface area contributed by atoms with E-state index in [1.165, 1.54) is 0 Å². The maximum absolute atomic E-state index is 5.73. The fourth-order valence-electron chi connectivity index (χ4n) is 1.90. The average molecular weight is 271 g/mol. The SMILES string of the molecule is CC(Nc1nc(N)nc2sccc12)c1cccnc1. The topological polar surface area (TPSA) is 76.7 Å². The van der Waals surface area contributed by atoms with Crippen LogP contribution in [0.5, 0.6) is 0 Å². The number of nitrogens with one attached hydrogen (secondary N) is 1. The van der Waals surface area contributed by atoms with E-state index < -0.39 is 0 Å². The Kier molecular flexibility index (Phi) is 3.00. The molecule has 3 aromatic heterocycles. The summed E-state index contributed by atoms with van der Waals surface area (Å²) in [5.74, 6) is 1.05. The molecule has 3 heterocycles. The zero-order valence-electron chi connectivity index (χ0n) is 10.4. The Hall–Kier alpha value is -2.21. The molecule has 0 aromatic carbocycles. The molecule has 1 atom stereocenters. The fraction of sp³-hybridized carbons (Fsp3) is 0.154. The van der Waals surface area contributed by atoms with Gasteiger partial charge in [-0.1, -0.05) is 6.07 Å². The third-order valence-electron chi connectivity index (χ3n) is 2.88. The highest BCUT2D eigenvalue weighted by Crippen LogP contribution is 2.28. The number of hydrogen-bond acceptors (Lipinski definition) is 6. The Morgan fingerprint density at radius 2 is 2.21 bits per heavy atom. The van der Waals surface area contributed by atoms with Gasteiger partial charge in [-0.15, -0.1) is 11.3 Å². The van der Waals surface area contributed by atoms with E-state index in [0.717, 1.165) is 21.6 Å². The van der Waals surface area contributed by atoms with Crippen LogP contribution in [0.3, 0.4) is 0 Å². The van der Waals surface area contributed by atoms with E-state index in [-0.39, 0.29) is 12.0 Å². The van der Waals surface area contributed by atoms with Gasteiger partial charge in [0.1, 0.15) is 10.6 Å². The molecule has 3 N–H and O–H groups in total. The Bertz CT molecular complexity index is 695. The molecule has 0 aliphatic heterocycles. The number of pyridine rings is 1. The molecule has 3 aromatic rings. The lowest BCUT2D eigenvalue weighted by atomic mass is 10.1. The van der Waals surface area contributed by atoms with Crippen LogP contribution in [-0.2, 0) is 0 Å². The summed E-state index contributed by atoms with van der Waals surface area (Å²) in [6.45, 7) is 2.06.